The average molecular weight is 431 g/mol. The van der Waals surface area contributed by atoms with E-state index in [-0.39, 0.29) is 17.8 Å². The quantitative estimate of drug-likeness (QED) is 0.730. The van der Waals surface area contributed by atoms with Crippen molar-refractivity contribution in [3.63, 3.8) is 0 Å². The lowest BCUT2D eigenvalue weighted by atomic mass is 10.1. The second kappa shape index (κ2) is 8.65. The molecular formula is C22H26N2O5S. The Morgan fingerprint density at radius 1 is 1.23 bits per heavy atom. The van der Waals surface area contributed by atoms with Crippen LogP contribution in [-0.2, 0) is 32.4 Å². The third-order valence-corrected chi connectivity index (χ3v) is 6.83. The summed E-state index contributed by atoms with van der Waals surface area (Å²) in [7, 11) is -1.94. The van der Waals surface area contributed by atoms with Crippen LogP contribution >= 0.6 is 0 Å². The van der Waals surface area contributed by atoms with Crippen molar-refractivity contribution in [1.29, 1.82) is 0 Å². The van der Waals surface area contributed by atoms with Crippen molar-refractivity contribution in [3.05, 3.63) is 53.6 Å². The molecule has 0 spiro atoms. The number of aryl methyl sites for hydroxylation is 1. The molecule has 1 fully saturated rings. The van der Waals surface area contributed by atoms with Gasteiger partial charge in [0.15, 0.2) is 0 Å². The largest absolute Gasteiger partial charge is 0.497 e. The van der Waals surface area contributed by atoms with E-state index in [4.69, 9.17) is 9.47 Å². The average Bonchev–Trinajstić information content (AvgIpc) is 3.42. The van der Waals surface area contributed by atoms with Gasteiger partial charge in [-0.15, -0.1) is 0 Å². The van der Waals surface area contributed by atoms with E-state index in [9.17, 15) is 13.2 Å². The molecule has 0 aliphatic carbocycles. The molecule has 2 heterocycles. The van der Waals surface area contributed by atoms with Crippen molar-refractivity contribution in [2.45, 2.75) is 31.8 Å². The molecular weight excluding hydrogens is 404 g/mol. The Hall–Kier alpha value is -2.58. The van der Waals surface area contributed by atoms with Gasteiger partial charge in [0, 0.05) is 18.8 Å². The van der Waals surface area contributed by atoms with E-state index in [0.717, 1.165) is 41.8 Å². The van der Waals surface area contributed by atoms with Crippen molar-refractivity contribution in [2.24, 2.45) is 0 Å². The number of carbonyl (C=O) groups is 1. The summed E-state index contributed by atoms with van der Waals surface area (Å²) in [5, 5.41) is 0. The number of sulfonamides is 1. The third-order valence-electron chi connectivity index (χ3n) is 5.54. The predicted octanol–water partition coefficient (Wildman–Crippen LogP) is 2.75. The number of hydrogen-bond acceptors (Lipinski definition) is 5. The van der Waals surface area contributed by atoms with Crippen LogP contribution in [0.5, 0.6) is 5.75 Å². The first-order chi connectivity index (χ1) is 14.4. The number of ether oxygens (including phenoxy) is 2. The Morgan fingerprint density at radius 2 is 2.03 bits per heavy atom. The zero-order valence-electron chi connectivity index (χ0n) is 17.0. The lowest BCUT2D eigenvalue weighted by Crippen LogP contribution is -2.37. The highest BCUT2D eigenvalue weighted by Crippen LogP contribution is 2.33. The number of nitrogens with one attached hydrogen (secondary N) is 1. The molecule has 0 aromatic heterocycles. The van der Waals surface area contributed by atoms with Crippen LogP contribution in [0, 0.1) is 0 Å². The first kappa shape index (κ1) is 20.7. The van der Waals surface area contributed by atoms with Gasteiger partial charge in [-0.2, -0.15) is 0 Å². The molecule has 0 saturated carbocycles. The van der Waals surface area contributed by atoms with Crippen molar-refractivity contribution in [3.8, 4) is 5.75 Å². The summed E-state index contributed by atoms with van der Waals surface area (Å²) < 4.78 is 38.5. The number of methoxy groups -OCH3 is 1. The molecule has 2 aromatic rings. The van der Waals surface area contributed by atoms with E-state index in [1.54, 1.807) is 24.1 Å². The second-order valence-corrected chi connectivity index (χ2v) is 9.45. The van der Waals surface area contributed by atoms with E-state index in [2.05, 4.69) is 4.72 Å². The molecule has 1 N–H and O–H groups in total. The molecule has 0 radical (unpaired) electrons. The molecule has 2 aromatic carbocycles. The lowest BCUT2D eigenvalue weighted by Gasteiger charge is -2.21. The van der Waals surface area contributed by atoms with E-state index < -0.39 is 10.0 Å². The fourth-order valence-corrected chi connectivity index (χ4v) is 4.99. The number of nitrogens with zero attached hydrogens (tertiary/aromatic N) is 1. The number of anilines is 2. The fraction of sp³-hybridized carbons (Fsp3) is 0.409. The molecule has 0 unspecified atom stereocenters. The van der Waals surface area contributed by atoms with Crippen molar-refractivity contribution in [2.75, 3.05) is 35.6 Å². The van der Waals surface area contributed by atoms with Crippen LogP contribution in [0.2, 0.25) is 0 Å². The van der Waals surface area contributed by atoms with Crippen LogP contribution in [-0.4, -0.2) is 46.4 Å². The summed E-state index contributed by atoms with van der Waals surface area (Å²) in [5.74, 6) is 0.667. The predicted molar refractivity (Wildman–Crippen MR) is 116 cm³/mol. The maximum Gasteiger partial charge on any atom is 0.256 e. The van der Waals surface area contributed by atoms with Crippen LogP contribution in [0.4, 0.5) is 11.4 Å². The number of fused-ring (bicyclic) bond motifs is 1. The summed E-state index contributed by atoms with van der Waals surface area (Å²) in [6.07, 6.45) is 2.40. The summed E-state index contributed by atoms with van der Waals surface area (Å²) in [5.41, 5.74) is 3.20. The van der Waals surface area contributed by atoms with Gasteiger partial charge in [-0.05, 0) is 61.1 Å². The molecule has 2 aliphatic rings. The number of rotatable bonds is 7. The molecule has 1 amide bonds. The molecule has 2 aliphatic heterocycles. The van der Waals surface area contributed by atoms with E-state index in [1.165, 1.54) is 0 Å². The van der Waals surface area contributed by atoms with Crippen LogP contribution in [0.3, 0.4) is 0 Å². The number of benzene rings is 2. The van der Waals surface area contributed by atoms with Crippen LogP contribution < -0.4 is 14.4 Å². The molecule has 4 rings (SSSR count). The van der Waals surface area contributed by atoms with Gasteiger partial charge in [0.2, 0.25) is 10.0 Å². The normalized spacial score (nSPS) is 18.3. The fourth-order valence-electron chi connectivity index (χ4n) is 3.89. The minimum Gasteiger partial charge on any atom is -0.497 e. The first-order valence-electron chi connectivity index (χ1n) is 10.1. The zero-order valence-corrected chi connectivity index (χ0v) is 17.8. The minimum absolute atomic E-state index is 0.0328. The topological polar surface area (TPSA) is 84.9 Å². The Labute approximate surface area is 177 Å². The molecule has 1 atom stereocenters. The van der Waals surface area contributed by atoms with Gasteiger partial charge >= 0.3 is 0 Å². The monoisotopic (exact) mass is 430 g/mol. The highest BCUT2D eigenvalue weighted by molar-refractivity contribution is 7.92. The second-order valence-electron chi connectivity index (χ2n) is 7.60. The van der Waals surface area contributed by atoms with Gasteiger partial charge in [-0.25, -0.2) is 8.42 Å². The van der Waals surface area contributed by atoms with Crippen LogP contribution in [0.1, 0.15) is 24.0 Å². The maximum absolute atomic E-state index is 12.8. The maximum atomic E-state index is 12.8. The van der Waals surface area contributed by atoms with Gasteiger partial charge in [0.1, 0.15) is 11.9 Å². The van der Waals surface area contributed by atoms with Gasteiger partial charge < -0.3 is 14.4 Å². The third kappa shape index (κ3) is 4.60. The summed E-state index contributed by atoms with van der Waals surface area (Å²) >= 11 is 0. The van der Waals surface area contributed by atoms with E-state index >= 15 is 0 Å². The van der Waals surface area contributed by atoms with E-state index in [1.807, 2.05) is 30.3 Å². The molecule has 1 saturated heterocycles. The Morgan fingerprint density at radius 3 is 2.73 bits per heavy atom. The van der Waals surface area contributed by atoms with E-state index in [0.29, 0.717) is 25.3 Å². The molecule has 7 nitrogen and oxygen atoms in total. The first-order valence-corrected chi connectivity index (χ1v) is 11.8. The minimum atomic E-state index is -3.53. The van der Waals surface area contributed by atoms with Gasteiger partial charge in [-0.1, -0.05) is 18.2 Å². The zero-order chi connectivity index (χ0) is 21.1. The Balaban J connectivity index is 1.43. The number of hydrogen-bond donors (Lipinski definition) is 1. The lowest BCUT2D eigenvalue weighted by molar-refractivity contribution is -0.127. The van der Waals surface area contributed by atoms with Crippen molar-refractivity contribution >= 4 is 27.3 Å². The smallest absolute Gasteiger partial charge is 0.256 e. The van der Waals surface area contributed by atoms with Crippen LogP contribution in [0.15, 0.2) is 42.5 Å². The highest BCUT2D eigenvalue weighted by Gasteiger charge is 2.33. The van der Waals surface area contributed by atoms with Crippen molar-refractivity contribution < 1.29 is 22.7 Å². The molecule has 0 bridgehead atoms. The van der Waals surface area contributed by atoms with Gasteiger partial charge in [0.05, 0.1) is 18.6 Å². The number of carbonyl (C=O) groups excluding carboxylic acids is 1. The van der Waals surface area contributed by atoms with Crippen LogP contribution in [0.25, 0.3) is 0 Å². The highest BCUT2D eigenvalue weighted by atomic mass is 32.2. The number of amides is 1. The standard InChI is InChI=1S/C22H26N2O5S/c1-28-19-8-4-16(5-9-19)11-14-30(26,27)23-18-7-6-17-10-12-24(20(17)15-18)22(25)21-3-2-13-29-21/h4-9,15,21,23H,2-3,10-14H2,1H3/t21-/m0/s1. The SMILES string of the molecule is COc1ccc(CCS(=O)(=O)Nc2ccc3c(c2)N(C(=O)[C@@H]2CCCO2)CC3)cc1. The molecule has 8 heteroatoms. The molecule has 30 heavy (non-hydrogen) atoms. The summed E-state index contributed by atoms with van der Waals surface area (Å²) in [6, 6.07) is 12.7. The Bertz CT molecular complexity index is 1010. The molecule has 160 valence electrons. The summed E-state index contributed by atoms with van der Waals surface area (Å²) in [6.45, 7) is 1.22. The van der Waals surface area contributed by atoms with Crippen molar-refractivity contribution in [1.82, 2.24) is 0 Å². The van der Waals surface area contributed by atoms with Gasteiger partial charge in [-0.3, -0.25) is 9.52 Å². The Kier molecular flexibility index (Phi) is 5.97. The van der Waals surface area contributed by atoms with Gasteiger partial charge in [0.25, 0.3) is 5.91 Å². The summed E-state index contributed by atoms with van der Waals surface area (Å²) in [4.78, 5) is 14.5.